The monoisotopic (exact) mass is 370 g/mol. The summed E-state index contributed by atoms with van der Waals surface area (Å²) in [6, 6.07) is 18.8. The summed E-state index contributed by atoms with van der Waals surface area (Å²) < 4.78 is 7.76. The Bertz CT molecular complexity index is 1070. The lowest BCUT2D eigenvalue weighted by molar-refractivity contribution is 0.0336. The molecule has 0 amide bonds. The number of morpholine rings is 1. The van der Waals surface area contributed by atoms with Crippen molar-refractivity contribution in [3.8, 4) is 22.4 Å². The summed E-state index contributed by atoms with van der Waals surface area (Å²) in [4.78, 5) is 11.7. The predicted octanol–water partition coefficient (Wildman–Crippen LogP) is 3.90. The first-order chi connectivity index (χ1) is 13.9. The van der Waals surface area contributed by atoms with Crippen LogP contribution in [0.1, 0.15) is 5.69 Å². The van der Waals surface area contributed by atoms with Crippen LogP contribution in [0, 0.1) is 0 Å². The van der Waals surface area contributed by atoms with E-state index in [1.165, 1.54) is 16.8 Å². The summed E-state index contributed by atoms with van der Waals surface area (Å²) in [5.41, 5.74) is 6.61. The van der Waals surface area contributed by atoms with Gasteiger partial charge >= 0.3 is 0 Å². The zero-order valence-electron chi connectivity index (χ0n) is 15.7. The molecule has 1 aliphatic heterocycles. The van der Waals surface area contributed by atoms with Gasteiger partial charge in [0, 0.05) is 43.8 Å². The van der Waals surface area contributed by atoms with Crippen LogP contribution >= 0.6 is 0 Å². The van der Waals surface area contributed by atoms with Gasteiger partial charge in [0.2, 0.25) is 0 Å². The zero-order chi connectivity index (χ0) is 18.8. The van der Waals surface area contributed by atoms with Crippen molar-refractivity contribution in [1.82, 2.24) is 19.3 Å². The number of hydrogen-bond donors (Lipinski definition) is 0. The maximum absolute atomic E-state index is 5.52. The summed E-state index contributed by atoms with van der Waals surface area (Å²) in [7, 11) is 0. The van der Waals surface area contributed by atoms with Crippen LogP contribution in [-0.4, -0.2) is 45.6 Å². The van der Waals surface area contributed by atoms with Gasteiger partial charge in [-0.25, -0.2) is 4.98 Å². The van der Waals surface area contributed by atoms with Gasteiger partial charge < -0.3 is 9.14 Å². The second-order valence-electron chi connectivity index (χ2n) is 7.05. The molecule has 5 rings (SSSR count). The van der Waals surface area contributed by atoms with Gasteiger partial charge in [-0.05, 0) is 35.4 Å². The number of pyridine rings is 2. The minimum Gasteiger partial charge on any atom is -0.379 e. The number of fused-ring (bicyclic) bond motifs is 1. The van der Waals surface area contributed by atoms with Gasteiger partial charge in [0.1, 0.15) is 5.65 Å². The lowest BCUT2D eigenvalue weighted by Gasteiger charge is -2.26. The topological polar surface area (TPSA) is 42.7 Å². The van der Waals surface area contributed by atoms with Crippen molar-refractivity contribution in [2.24, 2.45) is 0 Å². The molecule has 0 atom stereocenters. The average Bonchev–Trinajstić information content (AvgIpc) is 3.13. The molecule has 1 aliphatic rings. The third-order valence-corrected chi connectivity index (χ3v) is 5.24. The Morgan fingerprint density at radius 2 is 1.68 bits per heavy atom. The highest BCUT2D eigenvalue weighted by atomic mass is 16.5. The fourth-order valence-electron chi connectivity index (χ4n) is 3.75. The fraction of sp³-hybridized carbons (Fsp3) is 0.217. The minimum absolute atomic E-state index is 0.786. The number of ether oxygens (including phenoxy) is 1. The zero-order valence-corrected chi connectivity index (χ0v) is 15.7. The number of imidazole rings is 1. The van der Waals surface area contributed by atoms with Crippen molar-refractivity contribution in [3.05, 3.63) is 78.9 Å². The Hall–Kier alpha value is -3.02. The third kappa shape index (κ3) is 3.30. The molecule has 0 bridgehead atoms. The molecule has 0 aliphatic carbocycles. The second kappa shape index (κ2) is 7.54. The Kier molecular flexibility index (Phi) is 4.61. The van der Waals surface area contributed by atoms with Crippen LogP contribution in [0.15, 0.2) is 73.2 Å². The minimum atomic E-state index is 0.786. The molecule has 0 N–H and O–H groups in total. The normalized spacial score (nSPS) is 15.1. The average molecular weight is 370 g/mol. The summed E-state index contributed by atoms with van der Waals surface area (Å²) in [5, 5.41) is 0. The predicted molar refractivity (Wildman–Crippen MR) is 110 cm³/mol. The van der Waals surface area contributed by atoms with E-state index in [0.717, 1.165) is 49.8 Å². The van der Waals surface area contributed by atoms with E-state index in [4.69, 9.17) is 9.72 Å². The molecule has 0 radical (unpaired) electrons. The first-order valence-corrected chi connectivity index (χ1v) is 9.65. The van der Waals surface area contributed by atoms with E-state index in [-0.39, 0.29) is 0 Å². The van der Waals surface area contributed by atoms with Crippen LogP contribution < -0.4 is 0 Å². The van der Waals surface area contributed by atoms with Crippen LogP contribution in [-0.2, 0) is 11.3 Å². The van der Waals surface area contributed by atoms with Gasteiger partial charge in [0.15, 0.2) is 0 Å². The lowest BCUT2D eigenvalue weighted by atomic mass is 10.1. The van der Waals surface area contributed by atoms with Gasteiger partial charge in [-0.1, -0.05) is 30.3 Å². The standard InChI is InChI=1S/C23H22N4O/c1-2-5-18(6-3-1)20-8-9-22-25-23(19-7-4-10-24-15-19)21(27(22)16-20)17-26-11-13-28-14-12-26/h1-10,15-16H,11-14,17H2. The molecule has 3 aromatic heterocycles. The van der Waals surface area contributed by atoms with Crippen LogP contribution in [0.25, 0.3) is 28.0 Å². The van der Waals surface area contributed by atoms with Crippen molar-refractivity contribution < 1.29 is 4.74 Å². The molecular weight excluding hydrogens is 348 g/mol. The maximum Gasteiger partial charge on any atom is 0.137 e. The molecule has 4 heterocycles. The highest BCUT2D eigenvalue weighted by molar-refractivity contribution is 5.69. The van der Waals surface area contributed by atoms with Crippen molar-refractivity contribution in [2.45, 2.75) is 6.54 Å². The number of nitrogens with zero attached hydrogens (tertiary/aromatic N) is 4. The molecule has 0 spiro atoms. The summed E-state index contributed by atoms with van der Waals surface area (Å²) in [5.74, 6) is 0. The molecule has 0 saturated carbocycles. The maximum atomic E-state index is 5.52. The molecule has 1 aromatic carbocycles. The molecule has 140 valence electrons. The molecule has 1 saturated heterocycles. The molecule has 5 heteroatoms. The van der Waals surface area contributed by atoms with Crippen molar-refractivity contribution in [1.29, 1.82) is 0 Å². The first kappa shape index (κ1) is 17.1. The van der Waals surface area contributed by atoms with E-state index in [0.29, 0.717) is 0 Å². The highest BCUT2D eigenvalue weighted by Crippen LogP contribution is 2.28. The Balaban J connectivity index is 1.64. The van der Waals surface area contributed by atoms with Gasteiger partial charge in [-0.2, -0.15) is 0 Å². The van der Waals surface area contributed by atoms with Crippen LogP contribution in [0.2, 0.25) is 0 Å². The number of hydrogen-bond acceptors (Lipinski definition) is 4. The smallest absolute Gasteiger partial charge is 0.137 e. The van der Waals surface area contributed by atoms with Gasteiger partial charge in [0.25, 0.3) is 0 Å². The quantitative estimate of drug-likeness (QED) is 0.546. The largest absolute Gasteiger partial charge is 0.379 e. The second-order valence-corrected chi connectivity index (χ2v) is 7.05. The Morgan fingerprint density at radius 1 is 0.857 bits per heavy atom. The number of aromatic nitrogens is 3. The van der Waals surface area contributed by atoms with E-state index in [2.05, 4.69) is 62.9 Å². The van der Waals surface area contributed by atoms with E-state index in [9.17, 15) is 0 Å². The van der Waals surface area contributed by atoms with E-state index < -0.39 is 0 Å². The van der Waals surface area contributed by atoms with Crippen LogP contribution in [0.3, 0.4) is 0 Å². The fourth-order valence-corrected chi connectivity index (χ4v) is 3.75. The molecule has 1 fully saturated rings. The Labute approximate surface area is 164 Å². The van der Waals surface area contributed by atoms with E-state index in [1.807, 2.05) is 18.3 Å². The first-order valence-electron chi connectivity index (χ1n) is 9.65. The molecule has 0 unspecified atom stereocenters. The van der Waals surface area contributed by atoms with Crippen LogP contribution in [0.5, 0.6) is 0 Å². The lowest BCUT2D eigenvalue weighted by Crippen LogP contribution is -2.36. The molecule has 28 heavy (non-hydrogen) atoms. The summed E-state index contributed by atoms with van der Waals surface area (Å²) >= 11 is 0. The summed E-state index contributed by atoms with van der Waals surface area (Å²) in [6.45, 7) is 4.30. The van der Waals surface area contributed by atoms with Crippen LogP contribution in [0.4, 0.5) is 0 Å². The van der Waals surface area contributed by atoms with Crippen molar-refractivity contribution in [3.63, 3.8) is 0 Å². The van der Waals surface area contributed by atoms with E-state index >= 15 is 0 Å². The SMILES string of the molecule is c1ccc(-c2ccc3nc(-c4cccnc4)c(CN4CCOCC4)n3c2)cc1. The highest BCUT2D eigenvalue weighted by Gasteiger charge is 2.19. The molecule has 4 aromatic rings. The molecular formula is C23H22N4O. The number of rotatable bonds is 4. The molecule has 5 nitrogen and oxygen atoms in total. The summed E-state index contributed by atoms with van der Waals surface area (Å²) in [6.07, 6.45) is 5.89. The van der Waals surface area contributed by atoms with Crippen molar-refractivity contribution >= 4 is 5.65 Å². The van der Waals surface area contributed by atoms with Gasteiger partial charge in [-0.3, -0.25) is 9.88 Å². The number of benzene rings is 1. The van der Waals surface area contributed by atoms with Gasteiger partial charge in [0.05, 0.1) is 24.6 Å². The van der Waals surface area contributed by atoms with Crippen molar-refractivity contribution in [2.75, 3.05) is 26.3 Å². The van der Waals surface area contributed by atoms with Gasteiger partial charge in [-0.15, -0.1) is 0 Å². The Morgan fingerprint density at radius 3 is 2.46 bits per heavy atom. The third-order valence-electron chi connectivity index (χ3n) is 5.24. The van der Waals surface area contributed by atoms with E-state index in [1.54, 1.807) is 6.20 Å².